The van der Waals surface area contributed by atoms with E-state index >= 15 is 0 Å². The zero-order valence-corrected chi connectivity index (χ0v) is 18.8. The Morgan fingerprint density at radius 3 is 2.56 bits per heavy atom. The fourth-order valence-corrected chi connectivity index (χ4v) is 3.39. The third-order valence-electron chi connectivity index (χ3n) is 5.27. The molecular formula is C25H25N5O4. The van der Waals surface area contributed by atoms with Crippen LogP contribution in [0.5, 0.6) is 0 Å². The molecule has 1 amide bonds. The van der Waals surface area contributed by atoms with Crippen LogP contribution < -0.4 is 10.9 Å². The molecule has 2 heterocycles. The lowest BCUT2D eigenvalue weighted by Gasteiger charge is -2.08. The Morgan fingerprint density at radius 1 is 1.06 bits per heavy atom. The van der Waals surface area contributed by atoms with Gasteiger partial charge in [0.05, 0.1) is 30.4 Å². The van der Waals surface area contributed by atoms with Crippen molar-refractivity contribution >= 4 is 28.6 Å². The Kier molecular flexibility index (Phi) is 7.12. The van der Waals surface area contributed by atoms with Gasteiger partial charge in [0, 0.05) is 18.7 Å². The molecule has 0 aliphatic rings. The fourth-order valence-electron chi connectivity index (χ4n) is 3.39. The topological polar surface area (TPSA) is 108 Å². The molecule has 9 heteroatoms. The van der Waals surface area contributed by atoms with E-state index < -0.39 is 0 Å². The van der Waals surface area contributed by atoms with E-state index in [0.717, 1.165) is 18.5 Å². The van der Waals surface area contributed by atoms with Crippen molar-refractivity contribution < 1.29 is 14.3 Å². The molecule has 4 rings (SSSR count). The highest BCUT2D eigenvalue weighted by Gasteiger charge is 2.13. The Balaban J connectivity index is 1.36. The summed E-state index contributed by atoms with van der Waals surface area (Å²) in [5, 5.41) is 7.44. The molecular weight excluding hydrogens is 434 g/mol. The highest BCUT2D eigenvalue weighted by molar-refractivity contribution is 5.93. The molecule has 0 aliphatic heterocycles. The number of carbonyl (C=O) groups excluding carboxylic acids is 2. The number of aromatic nitrogens is 4. The summed E-state index contributed by atoms with van der Waals surface area (Å²) in [5.74, 6) is -0.644. The molecule has 0 saturated heterocycles. The second kappa shape index (κ2) is 10.6. The van der Waals surface area contributed by atoms with E-state index in [-0.39, 0.29) is 30.4 Å². The minimum atomic E-state index is -0.385. The average molecular weight is 460 g/mol. The molecule has 1 N–H and O–H groups in total. The van der Waals surface area contributed by atoms with E-state index in [1.807, 2.05) is 37.3 Å². The normalized spacial score (nSPS) is 10.9. The second-order valence-electron chi connectivity index (χ2n) is 7.74. The molecule has 0 bridgehead atoms. The number of anilines is 1. The van der Waals surface area contributed by atoms with Crippen LogP contribution in [0.2, 0.25) is 0 Å². The maximum absolute atomic E-state index is 12.8. The number of amides is 1. The lowest BCUT2D eigenvalue weighted by Crippen LogP contribution is -2.23. The predicted octanol–water partition coefficient (Wildman–Crippen LogP) is 3.57. The molecule has 9 nitrogen and oxygen atoms in total. The van der Waals surface area contributed by atoms with E-state index in [1.165, 1.54) is 17.1 Å². The monoisotopic (exact) mass is 459 g/mol. The number of esters is 1. The highest BCUT2D eigenvalue weighted by atomic mass is 16.5. The molecule has 0 spiro atoms. The summed E-state index contributed by atoms with van der Waals surface area (Å²) in [6.45, 7) is 2.59. The molecule has 0 atom stereocenters. The smallest absolute Gasteiger partial charge is 0.338 e. The summed E-state index contributed by atoms with van der Waals surface area (Å²) in [7, 11) is 0. The van der Waals surface area contributed by atoms with Crippen molar-refractivity contribution in [1.82, 2.24) is 19.3 Å². The third kappa shape index (κ3) is 5.20. The fraction of sp³-hybridized carbons (Fsp3) is 0.240. The highest BCUT2D eigenvalue weighted by Crippen LogP contribution is 2.14. The van der Waals surface area contributed by atoms with Crippen molar-refractivity contribution in [3.8, 4) is 5.69 Å². The molecule has 0 aliphatic carbocycles. The maximum Gasteiger partial charge on any atom is 0.338 e. The SMILES string of the molecule is CCCCOC(=O)c1ccc(NC(=O)CCn2cnc3c(cnn3-c3ccccc3)c2=O)cc1. The Morgan fingerprint density at radius 2 is 1.82 bits per heavy atom. The number of fused-ring (bicyclic) bond motifs is 1. The number of aryl methyl sites for hydroxylation is 1. The van der Waals surface area contributed by atoms with E-state index in [0.29, 0.717) is 28.9 Å². The standard InChI is InChI=1S/C25H25N5O4/c1-2-3-15-34-25(33)18-9-11-19(12-10-18)28-22(31)13-14-29-17-26-23-21(24(29)32)16-27-30(23)20-7-5-4-6-8-20/h4-12,16-17H,2-3,13-15H2,1H3,(H,28,31). The maximum atomic E-state index is 12.8. The van der Waals surface area contributed by atoms with Gasteiger partial charge in [0.15, 0.2) is 5.65 Å². The van der Waals surface area contributed by atoms with Crippen LogP contribution in [-0.4, -0.2) is 37.8 Å². The van der Waals surface area contributed by atoms with Gasteiger partial charge in [0.2, 0.25) is 5.91 Å². The van der Waals surface area contributed by atoms with Gasteiger partial charge in [0.1, 0.15) is 5.39 Å². The third-order valence-corrected chi connectivity index (χ3v) is 5.27. The van der Waals surface area contributed by atoms with Gasteiger partial charge in [0.25, 0.3) is 5.56 Å². The number of nitrogens with one attached hydrogen (secondary N) is 1. The first kappa shape index (κ1) is 22.9. The molecule has 174 valence electrons. The van der Waals surface area contributed by atoms with Gasteiger partial charge in [-0.25, -0.2) is 14.5 Å². The van der Waals surface area contributed by atoms with Gasteiger partial charge >= 0.3 is 5.97 Å². The number of nitrogens with zero attached hydrogens (tertiary/aromatic N) is 4. The van der Waals surface area contributed by atoms with Gasteiger partial charge in [-0.15, -0.1) is 0 Å². The lowest BCUT2D eigenvalue weighted by molar-refractivity contribution is -0.116. The van der Waals surface area contributed by atoms with Crippen LogP contribution >= 0.6 is 0 Å². The van der Waals surface area contributed by atoms with Crippen molar-refractivity contribution in [2.45, 2.75) is 32.7 Å². The summed E-state index contributed by atoms with van der Waals surface area (Å²) in [5.41, 5.74) is 1.99. The number of unbranched alkanes of at least 4 members (excludes halogenated alkanes) is 1. The largest absolute Gasteiger partial charge is 0.462 e. The number of benzene rings is 2. The molecule has 0 radical (unpaired) electrons. The van der Waals surface area contributed by atoms with Crippen molar-refractivity contribution in [1.29, 1.82) is 0 Å². The number of carbonyl (C=O) groups is 2. The lowest BCUT2D eigenvalue weighted by atomic mass is 10.2. The van der Waals surface area contributed by atoms with Crippen LogP contribution in [0, 0.1) is 0 Å². The summed E-state index contributed by atoms with van der Waals surface area (Å²) >= 11 is 0. The minimum absolute atomic E-state index is 0.0841. The van der Waals surface area contributed by atoms with Crippen molar-refractivity contribution in [3.05, 3.63) is 83.0 Å². The zero-order chi connectivity index (χ0) is 23.9. The summed E-state index contributed by atoms with van der Waals surface area (Å²) < 4.78 is 8.18. The number of hydrogen-bond acceptors (Lipinski definition) is 6. The van der Waals surface area contributed by atoms with Gasteiger partial charge in [-0.05, 0) is 42.8 Å². The van der Waals surface area contributed by atoms with Crippen LogP contribution in [-0.2, 0) is 16.1 Å². The molecule has 0 unspecified atom stereocenters. The summed E-state index contributed by atoms with van der Waals surface area (Å²) in [6, 6.07) is 15.9. The molecule has 4 aromatic rings. The van der Waals surface area contributed by atoms with Gasteiger partial charge in [-0.1, -0.05) is 31.5 Å². The predicted molar refractivity (Wildman–Crippen MR) is 128 cm³/mol. The van der Waals surface area contributed by atoms with E-state index in [1.54, 1.807) is 28.9 Å². The number of ether oxygens (including phenoxy) is 1. The van der Waals surface area contributed by atoms with Crippen LogP contribution in [0.4, 0.5) is 5.69 Å². The molecule has 34 heavy (non-hydrogen) atoms. The van der Waals surface area contributed by atoms with Gasteiger partial charge in [-0.3, -0.25) is 14.2 Å². The van der Waals surface area contributed by atoms with Crippen molar-refractivity contribution in [3.63, 3.8) is 0 Å². The molecule has 0 saturated carbocycles. The Hall–Kier alpha value is -4.27. The van der Waals surface area contributed by atoms with E-state index in [2.05, 4.69) is 15.4 Å². The van der Waals surface area contributed by atoms with Crippen molar-refractivity contribution in [2.75, 3.05) is 11.9 Å². The first-order valence-electron chi connectivity index (χ1n) is 11.1. The number of para-hydroxylation sites is 1. The van der Waals surface area contributed by atoms with Crippen LogP contribution in [0.1, 0.15) is 36.5 Å². The van der Waals surface area contributed by atoms with Crippen LogP contribution in [0.15, 0.2) is 71.9 Å². The molecule has 2 aromatic carbocycles. The molecule has 2 aromatic heterocycles. The zero-order valence-electron chi connectivity index (χ0n) is 18.8. The Bertz CT molecular complexity index is 1340. The quantitative estimate of drug-likeness (QED) is 0.303. The molecule has 0 fully saturated rings. The number of hydrogen-bond donors (Lipinski definition) is 1. The Labute approximate surface area is 196 Å². The first-order chi connectivity index (χ1) is 16.6. The van der Waals surface area contributed by atoms with E-state index in [4.69, 9.17) is 4.74 Å². The first-order valence-corrected chi connectivity index (χ1v) is 11.1. The number of rotatable bonds is 9. The van der Waals surface area contributed by atoms with Gasteiger partial charge in [-0.2, -0.15) is 5.10 Å². The summed E-state index contributed by atoms with van der Waals surface area (Å²) in [6.07, 6.45) is 4.77. The summed E-state index contributed by atoms with van der Waals surface area (Å²) in [4.78, 5) is 41.6. The van der Waals surface area contributed by atoms with E-state index in [9.17, 15) is 14.4 Å². The van der Waals surface area contributed by atoms with Crippen LogP contribution in [0.3, 0.4) is 0 Å². The minimum Gasteiger partial charge on any atom is -0.462 e. The van der Waals surface area contributed by atoms with Crippen molar-refractivity contribution in [2.24, 2.45) is 0 Å². The van der Waals surface area contributed by atoms with Gasteiger partial charge < -0.3 is 10.1 Å². The second-order valence-corrected chi connectivity index (χ2v) is 7.74. The average Bonchev–Trinajstić information content (AvgIpc) is 3.30. The van der Waals surface area contributed by atoms with Crippen LogP contribution in [0.25, 0.3) is 16.7 Å².